The van der Waals surface area contributed by atoms with E-state index in [0.29, 0.717) is 22.0 Å². The first-order valence-corrected chi connectivity index (χ1v) is 6.59. The average Bonchev–Trinajstić information content (AvgIpc) is 2.31. The smallest absolute Gasteiger partial charge is 0.126 e. The average molecular weight is 304 g/mol. The first-order valence-electron chi connectivity index (χ1n) is 5.40. The fourth-order valence-electron chi connectivity index (χ4n) is 1.73. The largest absolute Gasteiger partial charge is 0.207 e. The van der Waals surface area contributed by atoms with Crippen molar-refractivity contribution in [3.63, 3.8) is 0 Å². The zero-order chi connectivity index (χ0) is 13.1. The number of hydrogen-bond acceptors (Lipinski definition) is 0. The van der Waals surface area contributed by atoms with Crippen LogP contribution in [0.15, 0.2) is 42.5 Å². The van der Waals surface area contributed by atoms with Gasteiger partial charge in [0.2, 0.25) is 0 Å². The van der Waals surface area contributed by atoms with Crippen LogP contribution in [0.5, 0.6) is 0 Å². The molecule has 4 heteroatoms. The van der Waals surface area contributed by atoms with Crippen molar-refractivity contribution < 1.29 is 4.39 Å². The summed E-state index contributed by atoms with van der Waals surface area (Å²) in [6.45, 7) is 0. The molecule has 0 aliphatic rings. The molecule has 1 atom stereocenters. The summed E-state index contributed by atoms with van der Waals surface area (Å²) in [5.74, 6) is -0.253. The van der Waals surface area contributed by atoms with Gasteiger partial charge >= 0.3 is 0 Å². The molecule has 0 spiro atoms. The van der Waals surface area contributed by atoms with Crippen LogP contribution < -0.4 is 0 Å². The molecule has 0 aliphatic carbocycles. The van der Waals surface area contributed by atoms with Gasteiger partial charge in [0.05, 0.1) is 5.38 Å². The fourth-order valence-corrected chi connectivity index (χ4v) is 2.57. The maximum atomic E-state index is 13.5. The van der Waals surface area contributed by atoms with Gasteiger partial charge in [0.25, 0.3) is 0 Å². The monoisotopic (exact) mass is 302 g/mol. The number of benzene rings is 2. The van der Waals surface area contributed by atoms with Crippen LogP contribution in [0.1, 0.15) is 16.5 Å². The minimum atomic E-state index is -0.363. The summed E-state index contributed by atoms with van der Waals surface area (Å²) in [4.78, 5) is 0. The second-order valence-electron chi connectivity index (χ2n) is 3.97. The van der Waals surface area contributed by atoms with Crippen LogP contribution in [0.2, 0.25) is 10.0 Å². The van der Waals surface area contributed by atoms with Crippen molar-refractivity contribution in [3.05, 3.63) is 69.5 Å². The molecular formula is C14H10Cl3F. The van der Waals surface area contributed by atoms with Gasteiger partial charge in [-0.3, -0.25) is 0 Å². The molecule has 0 saturated carbocycles. The van der Waals surface area contributed by atoms with Crippen LogP contribution in [0, 0.1) is 5.82 Å². The molecule has 2 aromatic rings. The molecule has 0 aromatic heterocycles. The Balaban J connectivity index is 2.22. The topological polar surface area (TPSA) is 0 Å². The lowest BCUT2D eigenvalue weighted by Gasteiger charge is -2.11. The van der Waals surface area contributed by atoms with Gasteiger partial charge in [-0.1, -0.05) is 41.4 Å². The second-order valence-corrected chi connectivity index (χ2v) is 5.37. The van der Waals surface area contributed by atoms with E-state index in [-0.39, 0.29) is 11.2 Å². The molecule has 2 aromatic carbocycles. The molecule has 0 amide bonds. The van der Waals surface area contributed by atoms with Crippen LogP contribution in [-0.4, -0.2) is 0 Å². The molecule has 0 N–H and O–H groups in total. The molecule has 0 fully saturated rings. The highest BCUT2D eigenvalue weighted by atomic mass is 35.5. The first-order chi connectivity index (χ1) is 8.56. The van der Waals surface area contributed by atoms with Crippen molar-refractivity contribution in [2.24, 2.45) is 0 Å². The summed E-state index contributed by atoms with van der Waals surface area (Å²) >= 11 is 18.1. The lowest BCUT2D eigenvalue weighted by molar-refractivity contribution is 0.607. The van der Waals surface area contributed by atoms with Crippen molar-refractivity contribution in [1.82, 2.24) is 0 Å². The Morgan fingerprint density at radius 3 is 2.22 bits per heavy atom. The van der Waals surface area contributed by atoms with Crippen molar-refractivity contribution in [2.75, 3.05) is 0 Å². The maximum Gasteiger partial charge on any atom is 0.126 e. The molecular weight excluding hydrogens is 294 g/mol. The van der Waals surface area contributed by atoms with Gasteiger partial charge in [-0.25, -0.2) is 4.39 Å². The molecule has 0 saturated heterocycles. The summed E-state index contributed by atoms with van der Waals surface area (Å²) in [5, 5.41) is 0.687. The van der Waals surface area contributed by atoms with E-state index >= 15 is 0 Å². The van der Waals surface area contributed by atoms with E-state index < -0.39 is 0 Å². The zero-order valence-corrected chi connectivity index (χ0v) is 11.6. The minimum absolute atomic E-state index is 0.253. The van der Waals surface area contributed by atoms with Gasteiger partial charge in [0.15, 0.2) is 0 Å². The van der Waals surface area contributed by atoms with E-state index in [9.17, 15) is 4.39 Å². The molecule has 2 rings (SSSR count). The standard InChI is InChI=1S/C14H10Cl3F/c15-11-5-10(6-12(16)8-11)13(17)7-9-3-1-2-4-14(9)18/h1-6,8,13H,7H2. The van der Waals surface area contributed by atoms with Gasteiger partial charge in [-0.2, -0.15) is 0 Å². The van der Waals surface area contributed by atoms with Gasteiger partial charge in [-0.15, -0.1) is 11.6 Å². The molecule has 0 bridgehead atoms. The third kappa shape index (κ3) is 3.38. The maximum absolute atomic E-state index is 13.5. The zero-order valence-electron chi connectivity index (χ0n) is 9.34. The Morgan fingerprint density at radius 1 is 1.00 bits per heavy atom. The predicted molar refractivity (Wildman–Crippen MR) is 75.2 cm³/mol. The summed E-state index contributed by atoms with van der Waals surface area (Å²) in [7, 11) is 0. The summed E-state index contributed by atoms with van der Waals surface area (Å²) in [6, 6.07) is 11.7. The SMILES string of the molecule is Fc1ccccc1CC(Cl)c1cc(Cl)cc(Cl)c1. The van der Waals surface area contributed by atoms with E-state index in [1.54, 1.807) is 36.4 Å². The molecule has 18 heavy (non-hydrogen) atoms. The number of rotatable bonds is 3. The summed E-state index contributed by atoms with van der Waals surface area (Å²) in [5.41, 5.74) is 1.37. The number of alkyl halides is 1. The normalized spacial score (nSPS) is 12.4. The fraction of sp³-hybridized carbons (Fsp3) is 0.143. The third-order valence-corrected chi connectivity index (χ3v) is 3.45. The van der Waals surface area contributed by atoms with Crippen molar-refractivity contribution >= 4 is 34.8 Å². The van der Waals surface area contributed by atoms with Crippen molar-refractivity contribution in [3.8, 4) is 0 Å². The van der Waals surface area contributed by atoms with E-state index in [1.165, 1.54) is 6.07 Å². The minimum Gasteiger partial charge on any atom is -0.207 e. The van der Waals surface area contributed by atoms with Gasteiger partial charge < -0.3 is 0 Å². The Kier molecular flexibility index (Phi) is 4.50. The van der Waals surface area contributed by atoms with E-state index in [0.717, 1.165) is 5.56 Å². The Labute approximate surface area is 120 Å². The number of halogens is 4. The first kappa shape index (κ1) is 13.7. The number of hydrogen-bond donors (Lipinski definition) is 0. The summed E-state index contributed by atoms with van der Waals surface area (Å²) < 4.78 is 13.5. The summed E-state index contributed by atoms with van der Waals surface area (Å²) in [6.07, 6.45) is 0.394. The van der Waals surface area contributed by atoms with E-state index in [4.69, 9.17) is 34.8 Å². The molecule has 1 unspecified atom stereocenters. The van der Waals surface area contributed by atoms with E-state index in [2.05, 4.69) is 0 Å². The Bertz CT molecular complexity index is 534. The van der Waals surface area contributed by atoms with Gasteiger partial charge in [0, 0.05) is 10.0 Å². The third-order valence-electron chi connectivity index (χ3n) is 2.60. The van der Waals surface area contributed by atoms with Gasteiger partial charge in [-0.05, 0) is 41.8 Å². The lowest BCUT2D eigenvalue weighted by atomic mass is 10.0. The molecule has 94 valence electrons. The highest BCUT2D eigenvalue weighted by molar-refractivity contribution is 6.35. The van der Waals surface area contributed by atoms with E-state index in [1.807, 2.05) is 0 Å². The van der Waals surface area contributed by atoms with Crippen LogP contribution in [0.25, 0.3) is 0 Å². The lowest BCUT2D eigenvalue weighted by Crippen LogP contribution is -1.98. The highest BCUT2D eigenvalue weighted by Crippen LogP contribution is 2.30. The Morgan fingerprint density at radius 2 is 1.61 bits per heavy atom. The van der Waals surface area contributed by atoms with Crippen LogP contribution in [0.4, 0.5) is 4.39 Å². The molecule has 0 heterocycles. The molecule has 0 nitrogen and oxygen atoms in total. The molecule has 0 aliphatic heterocycles. The van der Waals surface area contributed by atoms with Crippen LogP contribution >= 0.6 is 34.8 Å². The Hall–Kier alpha value is -0.760. The highest BCUT2D eigenvalue weighted by Gasteiger charge is 2.13. The predicted octanol–water partition coefficient (Wildman–Crippen LogP) is 5.66. The van der Waals surface area contributed by atoms with Crippen LogP contribution in [0.3, 0.4) is 0 Å². The van der Waals surface area contributed by atoms with Crippen molar-refractivity contribution in [2.45, 2.75) is 11.8 Å². The van der Waals surface area contributed by atoms with Crippen LogP contribution in [-0.2, 0) is 6.42 Å². The molecule has 0 radical (unpaired) electrons. The second kappa shape index (κ2) is 5.92. The quantitative estimate of drug-likeness (QED) is 0.642. The van der Waals surface area contributed by atoms with Gasteiger partial charge in [0.1, 0.15) is 5.82 Å². The van der Waals surface area contributed by atoms with Crippen molar-refractivity contribution in [1.29, 1.82) is 0 Å².